The van der Waals surface area contributed by atoms with Crippen LogP contribution in [0.25, 0.3) is 0 Å². The van der Waals surface area contributed by atoms with E-state index >= 15 is 0 Å². The maximum Gasteiger partial charge on any atom is 0.339 e. The maximum absolute atomic E-state index is 12.4. The molecule has 0 aliphatic carbocycles. The number of aromatic carboxylic acids is 1. The molecule has 1 N–H and O–H groups in total. The van der Waals surface area contributed by atoms with E-state index in [9.17, 15) is 9.59 Å². The summed E-state index contributed by atoms with van der Waals surface area (Å²) < 4.78 is 5.57. The third-order valence-electron chi connectivity index (χ3n) is 3.34. The van der Waals surface area contributed by atoms with E-state index < -0.39 is 18.0 Å². The summed E-state index contributed by atoms with van der Waals surface area (Å²) in [7, 11) is 0. The Bertz CT molecular complexity index is 662. The van der Waals surface area contributed by atoms with Gasteiger partial charge in [0.1, 0.15) is 6.10 Å². The van der Waals surface area contributed by atoms with Crippen LogP contribution >= 0.6 is 0 Å². The molecule has 0 spiro atoms. The Morgan fingerprint density at radius 3 is 2.00 bits per heavy atom. The van der Waals surface area contributed by atoms with Gasteiger partial charge in [0.05, 0.1) is 11.1 Å². The van der Waals surface area contributed by atoms with Crippen molar-refractivity contribution in [2.45, 2.75) is 20.0 Å². The number of carboxylic acid groups (broad SMARTS) is 1. The molecule has 2 rings (SSSR count). The maximum atomic E-state index is 12.4. The second-order valence-electron chi connectivity index (χ2n) is 5.33. The van der Waals surface area contributed by atoms with E-state index in [1.165, 1.54) is 12.1 Å². The summed E-state index contributed by atoms with van der Waals surface area (Å²) in [5.41, 5.74) is 0.901. The van der Waals surface area contributed by atoms with Gasteiger partial charge in [0, 0.05) is 0 Å². The summed E-state index contributed by atoms with van der Waals surface area (Å²) in [6, 6.07) is 15.5. The minimum absolute atomic E-state index is 0.0527. The molecule has 0 amide bonds. The van der Waals surface area contributed by atoms with Crippen molar-refractivity contribution in [3.8, 4) is 0 Å². The Morgan fingerprint density at radius 2 is 1.45 bits per heavy atom. The first kappa shape index (κ1) is 15.8. The lowest BCUT2D eigenvalue weighted by Gasteiger charge is -2.22. The van der Waals surface area contributed by atoms with Crippen LogP contribution < -0.4 is 0 Å². The molecule has 114 valence electrons. The van der Waals surface area contributed by atoms with Crippen molar-refractivity contribution >= 4 is 11.9 Å². The van der Waals surface area contributed by atoms with Crippen molar-refractivity contribution in [3.63, 3.8) is 0 Å². The Morgan fingerprint density at radius 1 is 0.909 bits per heavy atom. The molecule has 0 aliphatic rings. The van der Waals surface area contributed by atoms with E-state index in [-0.39, 0.29) is 17.0 Å². The van der Waals surface area contributed by atoms with Crippen LogP contribution in [0.1, 0.15) is 46.2 Å². The minimum atomic E-state index is -1.15. The van der Waals surface area contributed by atoms with Crippen LogP contribution in [0.4, 0.5) is 0 Å². The molecule has 1 unspecified atom stereocenters. The molecule has 0 heterocycles. The van der Waals surface area contributed by atoms with Crippen LogP contribution in [-0.2, 0) is 4.74 Å². The van der Waals surface area contributed by atoms with Gasteiger partial charge in [0.2, 0.25) is 0 Å². The molecule has 0 bridgehead atoms. The highest BCUT2D eigenvalue weighted by Crippen LogP contribution is 2.27. The third-order valence-corrected chi connectivity index (χ3v) is 3.34. The highest BCUT2D eigenvalue weighted by Gasteiger charge is 2.24. The standard InChI is InChI=1S/C18H18O4/c1-12(2)16(13-8-4-3-5-9-13)22-18(21)15-11-7-6-10-14(15)17(19)20/h3-12,16H,1-2H3,(H,19,20). The van der Waals surface area contributed by atoms with Gasteiger partial charge in [-0.15, -0.1) is 0 Å². The molecule has 1 atom stereocenters. The van der Waals surface area contributed by atoms with Gasteiger partial charge in [-0.25, -0.2) is 9.59 Å². The second kappa shape index (κ2) is 6.89. The third kappa shape index (κ3) is 3.52. The van der Waals surface area contributed by atoms with Crippen molar-refractivity contribution in [2.24, 2.45) is 5.92 Å². The number of benzene rings is 2. The first-order chi connectivity index (χ1) is 10.5. The van der Waals surface area contributed by atoms with E-state index in [4.69, 9.17) is 9.84 Å². The van der Waals surface area contributed by atoms with E-state index in [0.29, 0.717) is 0 Å². The summed E-state index contributed by atoms with van der Waals surface area (Å²) >= 11 is 0. The highest BCUT2D eigenvalue weighted by molar-refractivity contribution is 6.02. The van der Waals surface area contributed by atoms with E-state index in [1.807, 2.05) is 44.2 Å². The number of carbonyl (C=O) groups is 2. The van der Waals surface area contributed by atoms with Crippen LogP contribution in [0, 0.1) is 5.92 Å². The van der Waals surface area contributed by atoms with Crippen molar-refractivity contribution in [1.82, 2.24) is 0 Å². The molecular formula is C18H18O4. The molecule has 2 aromatic rings. The van der Waals surface area contributed by atoms with Crippen molar-refractivity contribution in [1.29, 1.82) is 0 Å². The van der Waals surface area contributed by atoms with Crippen LogP contribution in [-0.4, -0.2) is 17.0 Å². The smallest absolute Gasteiger partial charge is 0.339 e. The van der Waals surface area contributed by atoms with Gasteiger partial charge in [-0.1, -0.05) is 56.3 Å². The summed E-state index contributed by atoms with van der Waals surface area (Å²) in [5.74, 6) is -1.70. The molecule has 0 saturated carbocycles. The lowest BCUT2D eigenvalue weighted by atomic mass is 9.98. The summed E-state index contributed by atoms with van der Waals surface area (Å²) in [4.78, 5) is 23.6. The van der Waals surface area contributed by atoms with Gasteiger partial charge in [-0.2, -0.15) is 0 Å². The average Bonchev–Trinajstić information content (AvgIpc) is 2.52. The average molecular weight is 298 g/mol. The number of rotatable bonds is 5. The fourth-order valence-electron chi connectivity index (χ4n) is 2.26. The molecule has 0 radical (unpaired) electrons. The van der Waals surface area contributed by atoms with Gasteiger partial charge in [0.15, 0.2) is 0 Å². The van der Waals surface area contributed by atoms with Crippen molar-refractivity contribution in [2.75, 3.05) is 0 Å². The quantitative estimate of drug-likeness (QED) is 0.849. The Labute approximate surface area is 129 Å². The Balaban J connectivity index is 2.28. The number of hydrogen-bond acceptors (Lipinski definition) is 3. The molecule has 2 aromatic carbocycles. The first-order valence-corrected chi connectivity index (χ1v) is 7.09. The largest absolute Gasteiger partial charge is 0.478 e. The highest BCUT2D eigenvalue weighted by atomic mass is 16.5. The Kier molecular flexibility index (Phi) is 4.94. The topological polar surface area (TPSA) is 63.6 Å². The molecule has 0 aromatic heterocycles. The zero-order valence-corrected chi connectivity index (χ0v) is 12.5. The van der Waals surface area contributed by atoms with Gasteiger partial charge < -0.3 is 9.84 Å². The zero-order valence-electron chi connectivity index (χ0n) is 12.5. The number of carbonyl (C=O) groups excluding carboxylic acids is 1. The number of carboxylic acids is 1. The molecular weight excluding hydrogens is 280 g/mol. The molecule has 22 heavy (non-hydrogen) atoms. The Hall–Kier alpha value is -2.62. The van der Waals surface area contributed by atoms with Crippen LogP contribution in [0.15, 0.2) is 54.6 Å². The van der Waals surface area contributed by atoms with Crippen LogP contribution in [0.5, 0.6) is 0 Å². The van der Waals surface area contributed by atoms with Gasteiger partial charge >= 0.3 is 11.9 Å². The van der Waals surface area contributed by atoms with Crippen molar-refractivity contribution < 1.29 is 19.4 Å². The SMILES string of the molecule is CC(C)C(OC(=O)c1ccccc1C(=O)O)c1ccccc1. The molecule has 0 aliphatic heterocycles. The van der Waals surface area contributed by atoms with Crippen LogP contribution in [0.2, 0.25) is 0 Å². The van der Waals surface area contributed by atoms with E-state index in [2.05, 4.69) is 0 Å². The molecule has 4 nitrogen and oxygen atoms in total. The monoisotopic (exact) mass is 298 g/mol. The van der Waals surface area contributed by atoms with Crippen molar-refractivity contribution in [3.05, 3.63) is 71.3 Å². The minimum Gasteiger partial charge on any atom is -0.478 e. The van der Waals surface area contributed by atoms with Gasteiger partial charge in [-0.05, 0) is 23.6 Å². The predicted octanol–water partition coefficient (Wildman–Crippen LogP) is 3.94. The lowest BCUT2D eigenvalue weighted by molar-refractivity contribution is 0.0172. The summed E-state index contributed by atoms with van der Waals surface area (Å²) in [6.45, 7) is 3.90. The normalized spacial score (nSPS) is 12.0. The summed E-state index contributed by atoms with van der Waals surface area (Å²) in [6.07, 6.45) is -0.421. The zero-order chi connectivity index (χ0) is 16.1. The van der Waals surface area contributed by atoms with Gasteiger partial charge in [0.25, 0.3) is 0 Å². The fraction of sp³-hybridized carbons (Fsp3) is 0.222. The second-order valence-corrected chi connectivity index (χ2v) is 5.33. The van der Waals surface area contributed by atoms with Crippen LogP contribution in [0.3, 0.4) is 0 Å². The van der Waals surface area contributed by atoms with E-state index in [1.54, 1.807) is 12.1 Å². The molecule has 0 saturated heterocycles. The fourth-order valence-corrected chi connectivity index (χ4v) is 2.26. The lowest BCUT2D eigenvalue weighted by Crippen LogP contribution is -2.18. The van der Waals surface area contributed by atoms with E-state index in [0.717, 1.165) is 5.56 Å². The number of ether oxygens (including phenoxy) is 1. The predicted molar refractivity (Wildman–Crippen MR) is 82.8 cm³/mol. The summed E-state index contributed by atoms with van der Waals surface area (Å²) in [5, 5.41) is 9.17. The number of hydrogen-bond donors (Lipinski definition) is 1. The number of esters is 1. The first-order valence-electron chi connectivity index (χ1n) is 7.09. The molecule has 0 fully saturated rings. The van der Waals surface area contributed by atoms with Gasteiger partial charge in [-0.3, -0.25) is 0 Å². The molecule has 4 heteroatoms.